The second kappa shape index (κ2) is 5.39. The van der Waals surface area contributed by atoms with Crippen molar-refractivity contribution in [2.45, 2.75) is 39.3 Å². The van der Waals surface area contributed by atoms with Crippen LogP contribution in [0.2, 0.25) is 0 Å². The zero-order valence-electron chi connectivity index (χ0n) is 11.3. The lowest BCUT2D eigenvalue weighted by atomic mass is 9.98. The van der Waals surface area contributed by atoms with Crippen molar-refractivity contribution < 1.29 is 13.2 Å². The van der Waals surface area contributed by atoms with E-state index in [1.54, 1.807) is 6.07 Å². The van der Waals surface area contributed by atoms with E-state index >= 15 is 0 Å². The van der Waals surface area contributed by atoms with E-state index in [1.807, 2.05) is 11.8 Å². The lowest BCUT2D eigenvalue weighted by Gasteiger charge is -2.32. The molecule has 1 saturated heterocycles. The molecule has 0 N–H and O–H groups in total. The fourth-order valence-electron chi connectivity index (χ4n) is 2.41. The minimum atomic E-state index is -4.37. The molecule has 2 rings (SSSR count). The number of halogens is 3. The van der Waals surface area contributed by atoms with Gasteiger partial charge >= 0.3 is 6.18 Å². The van der Waals surface area contributed by atoms with Gasteiger partial charge in [-0.1, -0.05) is 19.9 Å². The molecule has 0 spiro atoms. The molecule has 1 fully saturated rings. The lowest BCUT2D eigenvalue weighted by Crippen LogP contribution is -2.34. The maximum absolute atomic E-state index is 12.8. The van der Waals surface area contributed by atoms with Crippen LogP contribution in [0.1, 0.15) is 37.9 Å². The fraction of sp³-hybridized carbons (Fsp3) is 0.643. The Hall–Kier alpha value is -1.26. The van der Waals surface area contributed by atoms with Crippen LogP contribution in [0.4, 0.5) is 19.0 Å². The van der Waals surface area contributed by atoms with E-state index < -0.39 is 11.9 Å². The van der Waals surface area contributed by atoms with Gasteiger partial charge in [-0.25, -0.2) is 4.98 Å². The predicted octanol–water partition coefficient (Wildman–Crippen LogP) is 3.90. The first-order chi connectivity index (χ1) is 8.91. The molecule has 0 amide bonds. The zero-order valence-corrected chi connectivity index (χ0v) is 11.3. The average molecular weight is 272 g/mol. The summed E-state index contributed by atoms with van der Waals surface area (Å²) in [5.41, 5.74) is 0.0980. The number of piperidine rings is 1. The monoisotopic (exact) mass is 272 g/mol. The van der Waals surface area contributed by atoms with Crippen LogP contribution in [0, 0.1) is 5.92 Å². The summed E-state index contributed by atoms with van der Waals surface area (Å²) in [6, 6.07) is 2.64. The number of nitrogens with zero attached hydrogens (tertiary/aromatic N) is 2. The third-order valence-electron chi connectivity index (χ3n) is 3.71. The number of anilines is 1. The van der Waals surface area contributed by atoms with Gasteiger partial charge in [0, 0.05) is 13.1 Å². The summed E-state index contributed by atoms with van der Waals surface area (Å²) in [6.07, 6.45) is -1.64. The van der Waals surface area contributed by atoms with Crippen LogP contribution in [0.3, 0.4) is 0 Å². The maximum Gasteiger partial charge on any atom is 0.433 e. The van der Waals surface area contributed by atoms with Crippen molar-refractivity contribution in [2.75, 3.05) is 18.0 Å². The summed E-state index contributed by atoms with van der Waals surface area (Å²) in [6.45, 7) is 5.71. The molecular formula is C14H19F3N2. The van der Waals surface area contributed by atoms with E-state index in [1.165, 1.54) is 0 Å². The van der Waals surface area contributed by atoms with Crippen LogP contribution in [0.5, 0.6) is 0 Å². The van der Waals surface area contributed by atoms with Gasteiger partial charge < -0.3 is 4.90 Å². The van der Waals surface area contributed by atoms with E-state index in [0.29, 0.717) is 18.2 Å². The van der Waals surface area contributed by atoms with Gasteiger partial charge in [-0.3, -0.25) is 0 Å². The summed E-state index contributed by atoms with van der Waals surface area (Å²) >= 11 is 0. The summed E-state index contributed by atoms with van der Waals surface area (Å²) < 4.78 is 38.3. The molecule has 0 atom stereocenters. The normalized spacial score (nSPS) is 17.8. The SMILES string of the molecule is CCc1ccc(C(F)(F)F)nc1N1CCC(C)CC1. The number of aromatic nitrogens is 1. The van der Waals surface area contributed by atoms with Gasteiger partial charge in [0.1, 0.15) is 11.5 Å². The topological polar surface area (TPSA) is 16.1 Å². The molecule has 0 aliphatic carbocycles. The Morgan fingerprint density at radius 1 is 1.26 bits per heavy atom. The summed E-state index contributed by atoms with van der Waals surface area (Å²) in [5, 5.41) is 0. The Balaban J connectivity index is 2.31. The van der Waals surface area contributed by atoms with Gasteiger partial charge in [0.2, 0.25) is 0 Å². The molecule has 2 nitrogen and oxygen atoms in total. The third-order valence-corrected chi connectivity index (χ3v) is 3.71. The molecule has 0 saturated carbocycles. The van der Waals surface area contributed by atoms with Gasteiger partial charge in [-0.15, -0.1) is 0 Å². The molecule has 1 aromatic heterocycles. The largest absolute Gasteiger partial charge is 0.433 e. The lowest BCUT2D eigenvalue weighted by molar-refractivity contribution is -0.141. The van der Waals surface area contributed by atoms with Crippen molar-refractivity contribution in [1.29, 1.82) is 0 Å². The van der Waals surface area contributed by atoms with Crippen molar-refractivity contribution in [3.63, 3.8) is 0 Å². The highest BCUT2D eigenvalue weighted by Gasteiger charge is 2.33. The molecule has 1 aromatic rings. The van der Waals surface area contributed by atoms with E-state index in [2.05, 4.69) is 11.9 Å². The van der Waals surface area contributed by atoms with Crippen LogP contribution in [0.25, 0.3) is 0 Å². The number of alkyl halides is 3. The van der Waals surface area contributed by atoms with E-state index in [9.17, 15) is 13.2 Å². The summed E-state index contributed by atoms with van der Waals surface area (Å²) in [7, 11) is 0. The molecule has 1 aliphatic heterocycles. The number of aryl methyl sites for hydroxylation is 1. The number of rotatable bonds is 2. The van der Waals surface area contributed by atoms with Crippen molar-refractivity contribution in [3.8, 4) is 0 Å². The van der Waals surface area contributed by atoms with Gasteiger partial charge in [0.05, 0.1) is 0 Å². The summed E-state index contributed by atoms with van der Waals surface area (Å²) in [4.78, 5) is 5.86. The van der Waals surface area contributed by atoms with Crippen LogP contribution in [-0.4, -0.2) is 18.1 Å². The highest BCUT2D eigenvalue weighted by Crippen LogP contribution is 2.32. The fourth-order valence-corrected chi connectivity index (χ4v) is 2.41. The van der Waals surface area contributed by atoms with Crippen molar-refractivity contribution in [2.24, 2.45) is 5.92 Å². The van der Waals surface area contributed by atoms with E-state index in [4.69, 9.17) is 0 Å². The molecule has 2 heterocycles. The minimum Gasteiger partial charge on any atom is -0.356 e. The predicted molar refractivity (Wildman–Crippen MR) is 69.2 cm³/mol. The zero-order chi connectivity index (χ0) is 14.0. The van der Waals surface area contributed by atoms with Crippen LogP contribution >= 0.6 is 0 Å². The average Bonchev–Trinajstić information content (AvgIpc) is 2.38. The van der Waals surface area contributed by atoms with Crippen molar-refractivity contribution in [1.82, 2.24) is 4.98 Å². The molecular weight excluding hydrogens is 253 g/mol. The van der Waals surface area contributed by atoms with Crippen LogP contribution in [0.15, 0.2) is 12.1 Å². The van der Waals surface area contributed by atoms with E-state index in [-0.39, 0.29) is 0 Å². The Kier molecular flexibility index (Phi) is 4.02. The second-order valence-corrected chi connectivity index (χ2v) is 5.20. The summed E-state index contributed by atoms with van der Waals surface area (Å²) in [5.74, 6) is 1.16. The molecule has 0 bridgehead atoms. The standard InChI is InChI=1S/C14H19F3N2/c1-3-11-4-5-12(14(15,16)17)18-13(11)19-8-6-10(2)7-9-19/h4-5,10H,3,6-9H2,1-2H3. The number of pyridine rings is 1. The van der Waals surface area contributed by atoms with Gasteiger partial charge in [-0.05, 0) is 36.8 Å². The highest BCUT2D eigenvalue weighted by atomic mass is 19.4. The molecule has 0 unspecified atom stereocenters. The Morgan fingerprint density at radius 3 is 2.42 bits per heavy atom. The van der Waals surface area contributed by atoms with Crippen molar-refractivity contribution in [3.05, 3.63) is 23.4 Å². The first-order valence-corrected chi connectivity index (χ1v) is 6.74. The van der Waals surface area contributed by atoms with Gasteiger partial charge in [0.15, 0.2) is 0 Å². The van der Waals surface area contributed by atoms with E-state index in [0.717, 1.165) is 37.6 Å². The first kappa shape index (κ1) is 14.2. The quantitative estimate of drug-likeness (QED) is 0.811. The maximum atomic E-state index is 12.8. The van der Waals surface area contributed by atoms with Gasteiger partial charge in [0.25, 0.3) is 0 Å². The smallest absolute Gasteiger partial charge is 0.356 e. The van der Waals surface area contributed by atoms with Crippen LogP contribution in [-0.2, 0) is 12.6 Å². The van der Waals surface area contributed by atoms with Gasteiger partial charge in [-0.2, -0.15) is 13.2 Å². The Labute approximate surface area is 111 Å². The van der Waals surface area contributed by atoms with Crippen molar-refractivity contribution >= 4 is 5.82 Å². The Morgan fingerprint density at radius 2 is 1.89 bits per heavy atom. The second-order valence-electron chi connectivity index (χ2n) is 5.20. The molecule has 19 heavy (non-hydrogen) atoms. The highest BCUT2D eigenvalue weighted by molar-refractivity contribution is 5.48. The third kappa shape index (κ3) is 3.19. The Bertz CT molecular complexity index is 435. The molecule has 0 radical (unpaired) electrons. The molecule has 1 aliphatic rings. The first-order valence-electron chi connectivity index (χ1n) is 6.74. The number of hydrogen-bond donors (Lipinski definition) is 0. The molecule has 106 valence electrons. The number of hydrogen-bond acceptors (Lipinski definition) is 2. The molecule has 5 heteroatoms. The van der Waals surface area contributed by atoms with Crippen LogP contribution < -0.4 is 4.90 Å². The minimum absolute atomic E-state index is 0.518. The molecule has 0 aromatic carbocycles.